The number of hydrogen-bond acceptors (Lipinski definition) is 10. The van der Waals surface area contributed by atoms with Crippen molar-refractivity contribution in [2.75, 3.05) is 32.7 Å². The van der Waals surface area contributed by atoms with Gasteiger partial charge in [0.05, 0.1) is 23.9 Å². The summed E-state index contributed by atoms with van der Waals surface area (Å²) < 4.78 is 0. The zero-order valence-electron chi connectivity index (χ0n) is 15.3. The summed E-state index contributed by atoms with van der Waals surface area (Å²) in [5.41, 5.74) is 0. The third-order valence-corrected chi connectivity index (χ3v) is 2.52. The predicted octanol–water partition coefficient (Wildman–Crippen LogP) is -19.0. The second-order valence-corrected chi connectivity index (χ2v) is 4.41. The van der Waals surface area contributed by atoms with Crippen LogP contribution in [0.4, 0.5) is 0 Å². The molecule has 0 N–H and O–H groups in total. The van der Waals surface area contributed by atoms with E-state index < -0.39 is 56.1 Å². The van der Waals surface area contributed by atoms with Crippen LogP contribution in [0.3, 0.4) is 0 Å². The zero-order chi connectivity index (χ0) is 16.6. The normalized spacial score (nSPS) is 10.4. The first kappa shape index (κ1) is 39.8. The first-order valence-electron chi connectivity index (χ1n) is 5.87. The molecule has 0 amide bonds. The van der Waals surface area contributed by atoms with Crippen molar-refractivity contribution in [1.82, 2.24) is 9.80 Å². The molecular formula is C11H14K4N2O8. The van der Waals surface area contributed by atoms with Crippen LogP contribution in [0.1, 0.15) is 6.92 Å². The van der Waals surface area contributed by atoms with Crippen LogP contribution in [-0.2, 0) is 19.2 Å². The largest absolute Gasteiger partial charge is 1.00 e. The molecule has 0 heterocycles. The van der Waals surface area contributed by atoms with Gasteiger partial charge in [-0.05, 0) is 6.92 Å². The first-order valence-corrected chi connectivity index (χ1v) is 5.87. The van der Waals surface area contributed by atoms with Crippen LogP contribution >= 0.6 is 0 Å². The van der Waals surface area contributed by atoms with E-state index in [1.165, 1.54) is 6.92 Å². The molecule has 0 aromatic carbocycles. The van der Waals surface area contributed by atoms with Gasteiger partial charge in [0, 0.05) is 38.8 Å². The molecule has 0 radical (unpaired) electrons. The zero-order valence-corrected chi connectivity index (χ0v) is 27.8. The Kier molecular flexibility index (Phi) is 36.6. The molecule has 0 spiro atoms. The van der Waals surface area contributed by atoms with Gasteiger partial charge < -0.3 is 39.6 Å². The van der Waals surface area contributed by atoms with E-state index in [2.05, 4.69) is 0 Å². The molecule has 0 aliphatic rings. The van der Waals surface area contributed by atoms with Crippen molar-refractivity contribution < 1.29 is 245 Å². The molecule has 0 aliphatic heterocycles. The van der Waals surface area contributed by atoms with E-state index in [4.69, 9.17) is 0 Å². The number of carboxylic acid groups (broad SMARTS) is 4. The summed E-state index contributed by atoms with van der Waals surface area (Å²) in [6.07, 6.45) is 0. The molecule has 0 saturated carbocycles. The van der Waals surface area contributed by atoms with Crippen molar-refractivity contribution in [3.63, 3.8) is 0 Å². The van der Waals surface area contributed by atoms with Crippen LogP contribution in [0.25, 0.3) is 0 Å². The molecule has 14 heteroatoms. The summed E-state index contributed by atoms with van der Waals surface area (Å²) in [6, 6.07) is -0.778. The average Bonchev–Trinajstić information content (AvgIpc) is 2.24. The SMILES string of the molecule is CC(CN(CC(=O)[O-])CC(=O)[O-])N(CC(=O)[O-])CC(=O)[O-].[K+].[K+].[K+].[K+]. The Labute approximate surface area is 315 Å². The van der Waals surface area contributed by atoms with Gasteiger partial charge in [0.25, 0.3) is 0 Å². The number of hydrogen-bond donors (Lipinski definition) is 0. The summed E-state index contributed by atoms with van der Waals surface area (Å²) in [5.74, 6) is -6.13. The van der Waals surface area contributed by atoms with E-state index in [0.29, 0.717) is 0 Å². The van der Waals surface area contributed by atoms with E-state index in [9.17, 15) is 39.6 Å². The molecule has 25 heavy (non-hydrogen) atoms. The van der Waals surface area contributed by atoms with Crippen molar-refractivity contribution in [3.8, 4) is 0 Å². The number of nitrogens with zero attached hydrogens (tertiary/aromatic N) is 2. The molecule has 0 fully saturated rings. The Bertz CT molecular complexity index is 395. The van der Waals surface area contributed by atoms with Crippen molar-refractivity contribution in [2.24, 2.45) is 0 Å². The van der Waals surface area contributed by atoms with Crippen LogP contribution < -0.4 is 226 Å². The minimum atomic E-state index is -1.53. The molecule has 120 valence electrons. The van der Waals surface area contributed by atoms with E-state index in [-0.39, 0.29) is 212 Å². The fraction of sp³-hybridized carbons (Fsp3) is 0.636. The number of rotatable bonds is 11. The fourth-order valence-corrected chi connectivity index (χ4v) is 1.74. The Hall–Kier alpha value is 4.35. The van der Waals surface area contributed by atoms with Crippen molar-refractivity contribution >= 4 is 23.9 Å². The van der Waals surface area contributed by atoms with Crippen molar-refractivity contribution in [1.29, 1.82) is 0 Å². The Morgan fingerprint density at radius 2 is 0.960 bits per heavy atom. The van der Waals surface area contributed by atoms with Crippen LogP contribution in [0, 0.1) is 0 Å². The molecule has 0 aliphatic carbocycles. The molecule has 0 aromatic rings. The van der Waals surface area contributed by atoms with E-state index in [1.807, 2.05) is 0 Å². The molecule has 0 aromatic heterocycles. The van der Waals surface area contributed by atoms with Crippen molar-refractivity contribution in [3.05, 3.63) is 0 Å². The number of carboxylic acids is 4. The molecule has 0 saturated heterocycles. The standard InChI is InChI=1S/C11H18N2O8.4K/c1-7(13(5-10(18)19)6-11(20)21)2-12(3-8(14)15)4-9(16)17;;;;/h7H,2-6H2,1H3,(H,14,15)(H,16,17)(H,18,19)(H,20,21);;;;/q;4*+1/p-4. The second kappa shape index (κ2) is 23.0. The number of carbonyl (C=O) groups excluding carboxylic acids is 4. The van der Waals surface area contributed by atoms with Gasteiger partial charge in [0.15, 0.2) is 0 Å². The maximum atomic E-state index is 10.5. The second-order valence-electron chi connectivity index (χ2n) is 4.41. The third kappa shape index (κ3) is 24.5. The van der Waals surface area contributed by atoms with Crippen LogP contribution in [0.2, 0.25) is 0 Å². The van der Waals surface area contributed by atoms with Crippen LogP contribution in [0.5, 0.6) is 0 Å². The Morgan fingerprint density at radius 1 is 0.680 bits per heavy atom. The quantitative estimate of drug-likeness (QED) is 0.271. The summed E-state index contributed by atoms with van der Waals surface area (Å²) in [5, 5.41) is 42.1. The average molecular weight is 459 g/mol. The molecule has 1 unspecified atom stereocenters. The molecular weight excluding hydrogens is 445 g/mol. The van der Waals surface area contributed by atoms with Gasteiger partial charge in [0.1, 0.15) is 0 Å². The first-order chi connectivity index (χ1) is 9.61. The van der Waals surface area contributed by atoms with Gasteiger partial charge in [-0.25, -0.2) is 0 Å². The van der Waals surface area contributed by atoms with Gasteiger partial charge in [-0.2, -0.15) is 0 Å². The van der Waals surface area contributed by atoms with E-state index >= 15 is 0 Å². The summed E-state index contributed by atoms with van der Waals surface area (Å²) in [6.45, 7) is -1.70. The van der Waals surface area contributed by atoms with Gasteiger partial charge in [0.2, 0.25) is 0 Å². The molecule has 10 nitrogen and oxygen atoms in total. The summed E-state index contributed by atoms with van der Waals surface area (Å²) in [7, 11) is 0. The van der Waals surface area contributed by atoms with E-state index in [0.717, 1.165) is 9.80 Å². The molecule has 0 bridgehead atoms. The van der Waals surface area contributed by atoms with Crippen molar-refractivity contribution in [2.45, 2.75) is 13.0 Å². The number of carbonyl (C=O) groups is 4. The predicted molar refractivity (Wildman–Crippen MR) is 57.5 cm³/mol. The molecule has 1 atom stereocenters. The van der Waals surface area contributed by atoms with Gasteiger partial charge in [-0.3, -0.25) is 9.80 Å². The smallest absolute Gasteiger partial charge is 0.549 e. The minimum Gasteiger partial charge on any atom is -0.549 e. The van der Waals surface area contributed by atoms with Gasteiger partial charge in [-0.1, -0.05) is 0 Å². The van der Waals surface area contributed by atoms with Gasteiger partial charge >= 0.3 is 206 Å². The summed E-state index contributed by atoms with van der Waals surface area (Å²) in [4.78, 5) is 44.0. The third-order valence-electron chi connectivity index (χ3n) is 2.52. The molecule has 0 rings (SSSR count). The Balaban J connectivity index is -0.000000333. The fourth-order valence-electron chi connectivity index (χ4n) is 1.74. The maximum Gasteiger partial charge on any atom is 1.00 e. The summed E-state index contributed by atoms with van der Waals surface area (Å²) >= 11 is 0. The van der Waals surface area contributed by atoms with E-state index in [1.54, 1.807) is 0 Å². The number of aliphatic carboxylic acids is 4. The van der Waals surface area contributed by atoms with Crippen LogP contribution in [-0.4, -0.2) is 72.4 Å². The minimum absolute atomic E-state index is 0. The topological polar surface area (TPSA) is 167 Å². The maximum absolute atomic E-state index is 10.5. The van der Waals surface area contributed by atoms with Gasteiger partial charge in [-0.15, -0.1) is 0 Å². The van der Waals surface area contributed by atoms with Crippen LogP contribution in [0.15, 0.2) is 0 Å². The Morgan fingerprint density at radius 3 is 1.20 bits per heavy atom. The monoisotopic (exact) mass is 458 g/mol.